The molecular weight excluding hydrogens is 352 g/mol. The number of hydrogen-bond donors (Lipinski definition) is 3. The first-order valence-corrected chi connectivity index (χ1v) is 8.29. The SMILES string of the molecule is CC(C)(O)CNc1cc(Nc2ccc(F)nc2)nc(-c2ccccc2F)n1. The monoisotopic (exact) mass is 371 g/mol. The molecular formula is C19H19F2N5O. The number of pyridine rings is 1. The van der Waals surface area contributed by atoms with Gasteiger partial charge < -0.3 is 15.7 Å². The first kappa shape index (κ1) is 18.7. The number of aliphatic hydroxyl groups is 1. The van der Waals surface area contributed by atoms with Gasteiger partial charge >= 0.3 is 0 Å². The summed E-state index contributed by atoms with van der Waals surface area (Å²) < 4.78 is 27.2. The zero-order valence-corrected chi connectivity index (χ0v) is 14.9. The Balaban J connectivity index is 1.97. The highest BCUT2D eigenvalue weighted by Crippen LogP contribution is 2.24. The Hall–Kier alpha value is -3.13. The summed E-state index contributed by atoms with van der Waals surface area (Å²) in [6.45, 7) is 3.54. The summed E-state index contributed by atoms with van der Waals surface area (Å²) in [5.74, 6) is -0.0985. The zero-order valence-electron chi connectivity index (χ0n) is 14.9. The predicted octanol–water partition coefficient (Wildman–Crippen LogP) is 3.74. The molecule has 2 aromatic heterocycles. The molecule has 3 aromatic rings. The van der Waals surface area contributed by atoms with Gasteiger partial charge in [-0.05, 0) is 38.1 Å². The van der Waals surface area contributed by atoms with Crippen molar-refractivity contribution in [3.8, 4) is 11.4 Å². The number of benzene rings is 1. The van der Waals surface area contributed by atoms with Crippen molar-refractivity contribution >= 4 is 17.3 Å². The van der Waals surface area contributed by atoms with E-state index in [4.69, 9.17) is 0 Å². The van der Waals surface area contributed by atoms with Crippen molar-refractivity contribution < 1.29 is 13.9 Å². The van der Waals surface area contributed by atoms with Crippen LogP contribution in [0.1, 0.15) is 13.8 Å². The normalized spacial score (nSPS) is 11.3. The number of hydrogen-bond acceptors (Lipinski definition) is 6. The third-order valence-corrected chi connectivity index (χ3v) is 3.54. The summed E-state index contributed by atoms with van der Waals surface area (Å²) >= 11 is 0. The number of nitrogens with one attached hydrogen (secondary N) is 2. The maximum absolute atomic E-state index is 14.2. The van der Waals surface area contributed by atoms with E-state index in [1.165, 1.54) is 24.4 Å². The third kappa shape index (κ3) is 5.18. The molecule has 0 aliphatic heterocycles. The Morgan fingerprint density at radius 2 is 1.78 bits per heavy atom. The van der Waals surface area contributed by atoms with E-state index >= 15 is 0 Å². The number of rotatable bonds is 6. The molecule has 3 N–H and O–H groups in total. The molecule has 6 nitrogen and oxygen atoms in total. The van der Waals surface area contributed by atoms with E-state index in [1.54, 1.807) is 38.1 Å². The van der Waals surface area contributed by atoms with Gasteiger partial charge in [-0.2, -0.15) is 4.39 Å². The Morgan fingerprint density at radius 3 is 2.44 bits per heavy atom. The molecule has 0 aliphatic carbocycles. The molecule has 2 heterocycles. The van der Waals surface area contributed by atoms with Crippen LogP contribution in [-0.2, 0) is 0 Å². The van der Waals surface area contributed by atoms with Crippen LogP contribution < -0.4 is 10.6 Å². The van der Waals surface area contributed by atoms with E-state index in [0.29, 0.717) is 17.3 Å². The highest BCUT2D eigenvalue weighted by atomic mass is 19.1. The topological polar surface area (TPSA) is 83.0 Å². The van der Waals surface area contributed by atoms with E-state index in [-0.39, 0.29) is 17.9 Å². The Kier molecular flexibility index (Phi) is 5.27. The van der Waals surface area contributed by atoms with E-state index in [1.807, 2.05) is 0 Å². The van der Waals surface area contributed by atoms with Gasteiger partial charge in [0, 0.05) is 12.6 Å². The molecule has 0 saturated carbocycles. The molecule has 0 spiro atoms. The van der Waals surface area contributed by atoms with Crippen LogP contribution in [0.4, 0.5) is 26.1 Å². The van der Waals surface area contributed by atoms with Gasteiger partial charge in [-0.3, -0.25) is 0 Å². The molecule has 0 radical (unpaired) electrons. The Labute approximate surface area is 155 Å². The van der Waals surface area contributed by atoms with Gasteiger partial charge in [-0.25, -0.2) is 19.3 Å². The number of aromatic nitrogens is 3. The Bertz CT molecular complexity index is 926. The van der Waals surface area contributed by atoms with Crippen molar-refractivity contribution in [3.05, 3.63) is 60.4 Å². The summed E-state index contributed by atoms with van der Waals surface area (Å²) in [6, 6.07) is 10.5. The van der Waals surface area contributed by atoms with Gasteiger partial charge in [0.25, 0.3) is 0 Å². The minimum absolute atomic E-state index is 0.173. The van der Waals surface area contributed by atoms with Crippen LogP contribution in [0.25, 0.3) is 11.4 Å². The minimum atomic E-state index is -0.961. The zero-order chi connectivity index (χ0) is 19.4. The second kappa shape index (κ2) is 7.63. The second-order valence-electron chi connectivity index (χ2n) is 6.60. The second-order valence-corrected chi connectivity index (χ2v) is 6.60. The van der Waals surface area contributed by atoms with Crippen LogP contribution >= 0.6 is 0 Å². The molecule has 27 heavy (non-hydrogen) atoms. The molecule has 0 unspecified atom stereocenters. The van der Waals surface area contributed by atoms with Crippen LogP contribution in [-0.4, -0.2) is 32.2 Å². The van der Waals surface area contributed by atoms with Crippen molar-refractivity contribution in [3.63, 3.8) is 0 Å². The summed E-state index contributed by atoms with van der Waals surface area (Å²) in [5.41, 5.74) is -0.204. The van der Waals surface area contributed by atoms with Crippen molar-refractivity contribution in [2.45, 2.75) is 19.4 Å². The molecule has 0 amide bonds. The first-order chi connectivity index (χ1) is 12.8. The smallest absolute Gasteiger partial charge is 0.212 e. The number of anilines is 3. The summed E-state index contributed by atoms with van der Waals surface area (Å²) in [4.78, 5) is 12.3. The molecule has 8 heteroatoms. The lowest BCUT2D eigenvalue weighted by Crippen LogP contribution is -2.29. The lowest BCUT2D eigenvalue weighted by Gasteiger charge is -2.19. The summed E-state index contributed by atoms with van der Waals surface area (Å²) in [6.07, 6.45) is 1.32. The van der Waals surface area contributed by atoms with Crippen molar-refractivity contribution in [2.75, 3.05) is 17.2 Å². The minimum Gasteiger partial charge on any atom is -0.389 e. The van der Waals surface area contributed by atoms with Gasteiger partial charge in [-0.15, -0.1) is 0 Å². The standard InChI is InChI=1S/C19H19F2N5O/c1-19(2,27)11-23-16-9-17(24-12-7-8-15(21)22-10-12)26-18(25-16)13-5-3-4-6-14(13)20/h3-10,27H,11H2,1-2H3,(H2,23,24,25,26). The van der Waals surface area contributed by atoms with Crippen LogP contribution in [0, 0.1) is 11.8 Å². The fraction of sp³-hybridized carbons (Fsp3) is 0.211. The van der Waals surface area contributed by atoms with Gasteiger partial charge in [0.2, 0.25) is 5.95 Å². The predicted molar refractivity (Wildman–Crippen MR) is 99.7 cm³/mol. The van der Waals surface area contributed by atoms with E-state index in [0.717, 1.165) is 0 Å². The highest BCUT2D eigenvalue weighted by molar-refractivity contribution is 5.65. The van der Waals surface area contributed by atoms with Crippen LogP contribution in [0.3, 0.4) is 0 Å². The molecule has 1 aromatic carbocycles. The fourth-order valence-electron chi connectivity index (χ4n) is 2.27. The average molecular weight is 371 g/mol. The van der Waals surface area contributed by atoms with Gasteiger partial charge in [0.05, 0.1) is 23.0 Å². The van der Waals surface area contributed by atoms with Gasteiger partial charge in [-0.1, -0.05) is 12.1 Å². The van der Waals surface area contributed by atoms with Gasteiger partial charge in [0.15, 0.2) is 5.82 Å². The molecule has 0 bridgehead atoms. The summed E-state index contributed by atoms with van der Waals surface area (Å²) in [7, 11) is 0. The van der Waals surface area contributed by atoms with Crippen LogP contribution in [0.15, 0.2) is 48.7 Å². The lowest BCUT2D eigenvalue weighted by molar-refractivity contribution is 0.0944. The quantitative estimate of drug-likeness (QED) is 0.573. The van der Waals surface area contributed by atoms with E-state index < -0.39 is 17.4 Å². The lowest BCUT2D eigenvalue weighted by atomic mass is 10.1. The fourth-order valence-corrected chi connectivity index (χ4v) is 2.27. The molecule has 0 saturated heterocycles. The molecule has 3 rings (SSSR count). The first-order valence-electron chi connectivity index (χ1n) is 8.29. The molecule has 0 fully saturated rings. The van der Waals surface area contributed by atoms with Crippen molar-refractivity contribution in [1.29, 1.82) is 0 Å². The average Bonchev–Trinajstić information content (AvgIpc) is 2.62. The van der Waals surface area contributed by atoms with Crippen LogP contribution in [0.2, 0.25) is 0 Å². The molecule has 0 aliphatic rings. The van der Waals surface area contributed by atoms with Crippen LogP contribution in [0.5, 0.6) is 0 Å². The highest BCUT2D eigenvalue weighted by Gasteiger charge is 2.15. The largest absolute Gasteiger partial charge is 0.389 e. The van der Waals surface area contributed by atoms with Crippen molar-refractivity contribution in [2.24, 2.45) is 0 Å². The Morgan fingerprint density at radius 1 is 1.04 bits per heavy atom. The van der Waals surface area contributed by atoms with Crippen molar-refractivity contribution in [1.82, 2.24) is 15.0 Å². The van der Waals surface area contributed by atoms with Gasteiger partial charge in [0.1, 0.15) is 17.5 Å². The summed E-state index contributed by atoms with van der Waals surface area (Å²) in [5, 5.41) is 15.9. The maximum Gasteiger partial charge on any atom is 0.212 e. The number of halogens is 2. The molecule has 0 atom stereocenters. The number of nitrogens with zero attached hydrogens (tertiary/aromatic N) is 3. The van der Waals surface area contributed by atoms with E-state index in [2.05, 4.69) is 25.6 Å². The third-order valence-electron chi connectivity index (χ3n) is 3.54. The maximum atomic E-state index is 14.2. The molecule has 140 valence electrons. The van der Waals surface area contributed by atoms with E-state index in [9.17, 15) is 13.9 Å².